The average molecular weight is 280 g/mol. The third kappa shape index (κ3) is 3.87. The van der Waals surface area contributed by atoms with Crippen LogP contribution >= 0.6 is 0 Å². The third-order valence-electron chi connectivity index (χ3n) is 3.21. The van der Waals surface area contributed by atoms with Crippen LogP contribution in [0.3, 0.4) is 0 Å². The summed E-state index contributed by atoms with van der Waals surface area (Å²) in [6.45, 7) is 3.85. The summed E-state index contributed by atoms with van der Waals surface area (Å²) in [6, 6.07) is 5.34. The number of hydrogen-bond acceptors (Lipinski definition) is 4. The Labute approximate surface area is 120 Å². The molecule has 2 unspecified atom stereocenters. The van der Waals surface area contributed by atoms with Crippen LogP contribution in [0.25, 0.3) is 0 Å². The van der Waals surface area contributed by atoms with Crippen LogP contribution in [0.1, 0.15) is 25.5 Å². The lowest BCUT2D eigenvalue weighted by Crippen LogP contribution is -2.42. The number of nitrogens with zero attached hydrogens (tertiary/aromatic N) is 1. The first-order valence-electron chi connectivity index (χ1n) is 6.59. The molecule has 1 aromatic carbocycles. The highest BCUT2D eigenvalue weighted by atomic mass is 16.5. The molecule has 0 spiro atoms. The lowest BCUT2D eigenvalue weighted by atomic mass is 10.1. The monoisotopic (exact) mass is 280 g/mol. The van der Waals surface area contributed by atoms with Crippen molar-refractivity contribution in [1.29, 1.82) is 0 Å². The minimum atomic E-state index is -0.268. The van der Waals surface area contributed by atoms with Crippen LogP contribution in [0.2, 0.25) is 0 Å². The number of nitrogens with one attached hydrogen (secondary N) is 1. The molecule has 112 valence electrons. The van der Waals surface area contributed by atoms with E-state index in [1.165, 1.54) is 0 Å². The number of amides is 1. The summed E-state index contributed by atoms with van der Waals surface area (Å²) < 4.78 is 10.6. The smallest absolute Gasteiger partial charge is 0.238 e. The average Bonchev–Trinajstić information content (AvgIpc) is 2.45. The first-order valence-corrected chi connectivity index (χ1v) is 6.59. The molecular formula is C15H24N2O3. The number of rotatable bonds is 6. The van der Waals surface area contributed by atoms with Gasteiger partial charge >= 0.3 is 0 Å². The fraction of sp³-hybridized carbons (Fsp3) is 0.533. The van der Waals surface area contributed by atoms with Crippen molar-refractivity contribution in [2.75, 3.05) is 28.3 Å². The van der Waals surface area contributed by atoms with Crippen molar-refractivity contribution >= 4 is 5.91 Å². The van der Waals surface area contributed by atoms with Crippen LogP contribution in [0, 0.1) is 0 Å². The quantitative estimate of drug-likeness (QED) is 0.864. The fourth-order valence-electron chi connectivity index (χ4n) is 2.10. The Bertz CT molecular complexity index is 460. The lowest BCUT2D eigenvalue weighted by molar-refractivity contribution is -0.130. The van der Waals surface area contributed by atoms with Crippen molar-refractivity contribution in [3.63, 3.8) is 0 Å². The van der Waals surface area contributed by atoms with E-state index in [2.05, 4.69) is 5.32 Å². The summed E-state index contributed by atoms with van der Waals surface area (Å²) in [5.41, 5.74) is 0.963. The molecule has 5 heteroatoms. The maximum atomic E-state index is 11.9. The second kappa shape index (κ2) is 7.14. The van der Waals surface area contributed by atoms with Crippen LogP contribution in [0.4, 0.5) is 0 Å². The van der Waals surface area contributed by atoms with E-state index < -0.39 is 0 Å². The second-order valence-electron chi connectivity index (χ2n) is 4.95. The van der Waals surface area contributed by atoms with Crippen LogP contribution < -0.4 is 14.8 Å². The molecule has 0 aliphatic carbocycles. The van der Waals surface area contributed by atoms with E-state index in [1.807, 2.05) is 32.0 Å². The van der Waals surface area contributed by atoms with Gasteiger partial charge in [0.15, 0.2) is 0 Å². The zero-order chi connectivity index (χ0) is 15.3. The Kier molecular flexibility index (Phi) is 5.82. The number of carbonyl (C=O) groups is 1. The van der Waals surface area contributed by atoms with E-state index in [1.54, 1.807) is 33.2 Å². The molecule has 0 bridgehead atoms. The zero-order valence-corrected chi connectivity index (χ0v) is 13.1. The predicted octanol–water partition coefficient (Wildman–Crippen LogP) is 1.83. The number of likely N-dealkylation sites (N-methyl/N-ethyl adjacent to an activating group) is 1. The maximum absolute atomic E-state index is 11.9. The zero-order valence-electron chi connectivity index (χ0n) is 13.1. The van der Waals surface area contributed by atoms with E-state index in [0.717, 1.165) is 17.1 Å². The van der Waals surface area contributed by atoms with Gasteiger partial charge in [0.05, 0.1) is 20.3 Å². The van der Waals surface area contributed by atoms with Gasteiger partial charge in [-0.05, 0) is 32.0 Å². The normalized spacial score (nSPS) is 13.5. The van der Waals surface area contributed by atoms with E-state index in [0.29, 0.717) is 0 Å². The Balaban J connectivity index is 2.90. The van der Waals surface area contributed by atoms with Crippen LogP contribution in [-0.4, -0.2) is 45.2 Å². The van der Waals surface area contributed by atoms with Gasteiger partial charge in [-0.3, -0.25) is 10.1 Å². The van der Waals surface area contributed by atoms with Crippen molar-refractivity contribution in [2.24, 2.45) is 0 Å². The van der Waals surface area contributed by atoms with Crippen LogP contribution in [0.15, 0.2) is 18.2 Å². The Morgan fingerprint density at radius 2 is 1.85 bits per heavy atom. The number of carbonyl (C=O) groups excluding carboxylic acids is 1. The molecule has 0 fully saturated rings. The van der Waals surface area contributed by atoms with Crippen molar-refractivity contribution in [2.45, 2.75) is 25.9 Å². The van der Waals surface area contributed by atoms with Gasteiger partial charge in [-0.2, -0.15) is 0 Å². The molecule has 1 aromatic rings. The Hall–Kier alpha value is -1.75. The van der Waals surface area contributed by atoms with Crippen LogP contribution in [0.5, 0.6) is 11.5 Å². The highest BCUT2D eigenvalue weighted by Crippen LogP contribution is 2.29. The topological polar surface area (TPSA) is 50.8 Å². The lowest BCUT2D eigenvalue weighted by Gasteiger charge is -2.24. The molecule has 0 aliphatic rings. The molecule has 2 atom stereocenters. The summed E-state index contributed by atoms with van der Waals surface area (Å²) in [5, 5.41) is 3.28. The summed E-state index contributed by atoms with van der Waals surface area (Å²) in [6.07, 6.45) is 0. The number of ether oxygens (including phenoxy) is 2. The Morgan fingerprint density at radius 1 is 1.20 bits per heavy atom. The largest absolute Gasteiger partial charge is 0.497 e. The van der Waals surface area contributed by atoms with Gasteiger partial charge < -0.3 is 14.4 Å². The van der Waals surface area contributed by atoms with E-state index in [-0.39, 0.29) is 18.0 Å². The van der Waals surface area contributed by atoms with Gasteiger partial charge in [-0.25, -0.2) is 0 Å². The first-order chi connectivity index (χ1) is 9.40. The number of methoxy groups -OCH3 is 2. The summed E-state index contributed by atoms with van der Waals surface area (Å²) >= 11 is 0. The molecule has 0 heterocycles. The second-order valence-corrected chi connectivity index (χ2v) is 4.95. The maximum Gasteiger partial charge on any atom is 0.238 e. The molecule has 5 nitrogen and oxygen atoms in total. The highest BCUT2D eigenvalue weighted by molar-refractivity contribution is 5.81. The summed E-state index contributed by atoms with van der Waals surface area (Å²) in [4.78, 5) is 13.5. The number of benzene rings is 1. The highest BCUT2D eigenvalue weighted by Gasteiger charge is 2.20. The Morgan fingerprint density at radius 3 is 2.35 bits per heavy atom. The SMILES string of the molecule is COc1ccc(OC)c(C(C)NC(C)C(=O)N(C)C)c1. The van der Waals surface area contributed by atoms with Crippen molar-refractivity contribution in [3.8, 4) is 11.5 Å². The molecular weight excluding hydrogens is 256 g/mol. The van der Waals surface area contributed by atoms with Gasteiger partial charge in [0.2, 0.25) is 5.91 Å². The predicted molar refractivity (Wildman–Crippen MR) is 79.3 cm³/mol. The number of hydrogen-bond donors (Lipinski definition) is 1. The molecule has 0 aromatic heterocycles. The van der Waals surface area contributed by atoms with Gasteiger partial charge in [0, 0.05) is 25.7 Å². The standard InChI is InChI=1S/C15H24N2O3/c1-10(16-11(2)15(18)17(3)4)13-9-12(19-5)7-8-14(13)20-6/h7-11,16H,1-6H3. The first kappa shape index (κ1) is 16.3. The van der Waals surface area contributed by atoms with E-state index in [4.69, 9.17) is 9.47 Å². The minimum absolute atomic E-state index is 0.0288. The molecule has 1 amide bonds. The molecule has 0 saturated carbocycles. The molecule has 1 rings (SSSR count). The van der Waals surface area contributed by atoms with E-state index >= 15 is 0 Å². The minimum Gasteiger partial charge on any atom is -0.497 e. The van der Waals surface area contributed by atoms with Crippen LogP contribution in [-0.2, 0) is 4.79 Å². The summed E-state index contributed by atoms with van der Waals surface area (Å²) in [5.74, 6) is 1.58. The third-order valence-corrected chi connectivity index (χ3v) is 3.21. The summed E-state index contributed by atoms with van der Waals surface area (Å²) in [7, 11) is 6.75. The molecule has 0 saturated heterocycles. The molecule has 1 N–H and O–H groups in total. The van der Waals surface area contributed by atoms with Gasteiger partial charge in [-0.15, -0.1) is 0 Å². The van der Waals surface area contributed by atoms with Crippen molar-refractivity contribution < 1.29 is 14.3 Å². The van der Waals surface area contributed by atoms with Gasteiger partial charge in [0.25, 0.3) is 0 Å². The van der Waals surface area contributed by atoms with Crippen molar-refractivity contribution in [1.82, 2.24) is 10.2 Å². The van der Waals surface area contributed by atoms with Gasteiger partial charge in [-0.1, -0.05) is 0 Å². The fourth-order valence-corrected chi connectivity index (χ4v) is 2.10. The van der Waals surface area contributed by atoms with Crippen molar-refractivity contribution in [3.05, 3.63) is 23.8 Å². The van der Waals surface area contributed by atoms with E-state index in [9.17, 15) is 4.79 Å². The molecule has 0 radical (unpaired) electrons. The molecule has 20 heavy (non-hydrogen) atoms. The van der Waals surface area contributed by atoms with Gasteiger partial charge in [0.1, 0.15) is 11.5 Å². The molecule has 0 aliphatic heterocycles.